The lowest BCUT2D eigenvalue weighted by atomic mass is 10.1. The fourth-order valence-corrected chi connectivity index (χ4v) is 2.27. The molecular formula is C19H18F3N3. The van der Waals surface area contributed by atoms with Crippen LogP contribution >= 0.6 is 0 Å². The van der Waals surface area contributed by atoms with Crippen molar-refractivity contribution in [3.8, 4) is 11.8 Å². The van der Waals surface area contributed by atoms with Gasteiger partial charge < -0.3 is 11.1 Å². The molecule has 0 aliphatic heterocycles. The number of rotatable bonds is 2. The number of hydrogen-bond acceptors (Lipinski definition) is 1. The highest BCUT2D eigenvalue weighted by Gasteiger charge is 2.30. The Hall–Kier alpha value is -2.94. The largest absolute Gasteiger partial charge is 0.416 e. The predicted molar refractivity (Wildman–Crippen MR) is 94.4 cm³/mol. The number of nitrogens with one attached hydrogen (secondary N) is 1. The highest BCUT2D eigenvalue weighted by Crippen LogP contribution is 2.29. The second-order valence-corrected chi connectivity index (χ2v) is 5.58. The van der Waals surface area contributed by atoms with Crippen LogP contribution < -0.4 is 11.1 Å². The summed E-state index contributed by atoms with van der Waals surface area (Å²) in [6.45, 7) is 4.04. The number of halogens is 3. The van der Waals surface area contributed by atoms with Gasteiger partial charge in [0, 0.05) is 11.3 Å². The molecule has 2 rings (SSSR count). The van der Waals surface area contributed by atoms with Crippen molar-refractivity contribution in [1.29, 1.82) is 0 Å². The summed E-state index contributed by atoms with van der Waals surface area (Å²) in [6, 6.07) is 10.8. The number of hydrogen-bond donors (Lipinski definition) is 2. The van der Waals surface area contributed by atoms with Gasteiger partial charge in [-0.3, -0.25) is 0 Å². The third-order valence-corrected chi connectivity index (χ3v) is 3.25. The van der Waals surface area contributed by atoms with Crippen molar-refractivity contribution in [2.45, 2.75) is 20.0 Å². The molecule has 0 bridgehead atoms. The predicted octanol–water partition coefficient (Wildman–Crippen LogP) is 4.10. The minimum Gasteiger partial charge on any atom is -0.370 e. The average Bonchev–Trinajstić information content (AvgIpc) is 2.50. The quantitative estimate of drug-likeness (QED) is 0.489. The summed E-state index contributed by atoms with van der Waals surface area (Å²) >= 11 is 0. The van der Waals surface area contributed by atoms with Crippen LogP contribution in [0.2, 0.25) is 0 Å². The molecule has 0 radical (unpaired) electrons. The third-order valence-electron chi connectivity index (χ3n) is 3.25. The van der Waals surface area contributed by atoms with Gasteiger partial charge >= 0.3 is 6.18 Å². The molecule has 3 N–H and O–H groups in total. The first-order valence-electron chi connectivity index (χ1n) is 7.55. The molecule has 0 aromatic heterocycles. The molecule has 0 saturated carbocycles. The molecule has 0 aliphatic rings. The Kier molecular flexibility index (Phi) is 5.71. The van der Waals surface area contributed by atoms with Crippen molar-refractivity contribution in [2.75, 3.05) is 11.9 Å². The van der Waals surface area contributed by atoms with Gasteiger partial charge in [0.15, 0.2) is 5.96 Å². The number of nitrogens with two attached hydrogens (primary N) is 1. The SMILES string of the molecule is Cc1cc(C)cc(NC(N)=NCC#Cc2cccc(C(F)(F)F)c2)c1. The summed E-state index contributed by atoms with van der Waals surface area (Å²) in [5.41, 5.74) is 8.37. The van der Waals surface area contributed by atoms with Crippen LogP contribution in [0.25, 0.3) is 0 Å². The summed E-state index contributed by atoms with van der Waals surface area (Å²) in [7, 11) is 0. The number of anilines is 1. The van der Waals surface area contributed by atoms with Gasteiger partial charge in [-0.05, 0) is 55.3 Å². The Morgan fingerprint density at radius 2 is 1.80 bits per heavy atom. The van der Waals surface area contributed by atoms with Gasteiger partial charge in [-0.15, -0.1) is 0 Å². The van der Waals surface area contributed by atoms with Gasteiger partial charge in [-0.2, -0.15) is 13.2 Å². The molecule has 0 atom stereocenters. The summed E-state index contributed by atoms with van der Waals surface area (Å²) in [4.78, 5) is 4.05. The summed E-state index contributed by atoms with van der Waals surface area (Å²) in [5.74, 6) is 5.55. The number of aryl methyl sites for hydroxylation is 2. The summed E-state index contributed by atoms with van der Waals surface area (Å²) in [5, 5.41) is 2.96. The standard InChI is InChI=1S/C19H18F3N3/c1-13-9-14(2)11-17(10-13)25-18(23)24-8-4-6-15-5-3-7-16(12-15)19(20,21)22/h3,5,7,9-12H,8H2,1-2H3,(H3,23,24,25). The van der Waals surface area contributed by atoms with Crippen LogP contribution in [-0.2, 0) is 6.18 Å². The van der Waals surface area contributed by atoms with Crippen molar-refractivity contribution in [1.82, 2.24) is 0 Å². The van der Waals surface area contributed by atoms with E-state index in [1.807, 2.05) is 32.0 Å². The van der Waals surface area contributed by atoms with Crippen LogP contribution in [-0.4, -0.2) is 12.5 Å². The minimum absolute atomic E-state index is 0.0832. The Morgan fingerprint density at radius 1 is 1.12 bits per heavy atom. The van der Waals surface area contributed by atoms with E-state index >= 15 is 0 Å². The maximum Gasteiger partial charge on any atom is 0.416 e. The van der Waals surface area contributed by atoms with Gasteiger partial charge in [0.1, 0.15) is 6.54 Å². The molecule has 0 fully saturated rings. The van der Waals surface area contributed by atoms with Gasteiger partial charge in [0.05, 0.1) is 5.56 Å². The zero-order valence-corrected chi connectivity index (χ0v) is 13.9. The van der Waals surface area contributed by atoms with Gasteiger partial charge in [0.25, 0.3) is 0 Å². The van der Waals surface area contributed by atoms with E-state index in [1.165, 1.54) is 12.1 Å². The lowest BCUT2D eigenvalue weighted by Crippen LogP contribution is -2.22. The first-order chi connectivity index (χ1) is 11.7. The van der Waals surface area contributed by atoms with Crippen molar-refractivity contribution in [3.63, 3.8) is 0 Å². The molecule has 0 heterocycles. The van der Waals surface area contributed by atoms with Gasteiger partial charge in [0.2, 0.25) is 0 Å². The Bertz CT molecular complexity index is 823. The molecule has 0 unspecified atom stereocenters. The van der Waals surface area contributed by atoms with Crippen molar-refractivity contribution < 1.29 is 13.2 Å². The monoisotopic (exact) mass is 345 g/mol. The summed E-state index contributed by atoms with van der Waals surface area (Å²) in [6.07, 6.45) is -4.38. The van der Waals surface area contributed by atoms with Gasteiger partial charge in [-0.25, -0.2) is 4.99 Å². The van der Waals surface area contributed by atoms with E-state index in [0.29, 0.717) is 0 Å². The fraction of sp³-hybridized carbons (Fsp3) is 0.211. The molecule has 0 spiro atoms. The second-order valence-electron chi connectivity index (χ2n) is 5.58. The molecule has 25 heavy (non-hydrogen) atoms. The van der Waals surface area contributed by atoms with Crippen molar-refractivity contribution >= 4 is 11.6 Å². The molecule has 3 nitrogen and oxygen atoms in total. The Balaban J connectivity index is 2.00. The van der Waals surface area contributed by atoms with E-state index in [0.717, 1.165) is 28.9 Å². The first-order valence-corrected chi connectivity index (χ1v) is 7.55. The van der Waals surface area contributed by atoms with Crippen molar-refractivity contribution in [3.05, 3.63) is 64.7 Å². The maximum atomic E-state index is 12.6. The summed E-state index contributed by atoms with van der Waals surface area (Å²) < 4.78 is 37.9. The molecule has 130 valence electrons. The topological polar surface area (TPSA) is 50.4 Å². The maximum absolute atomic E-state index is 12.6. The van der Waals surface area contributed by atoms with Crippen molar-refractivity contribution in [2.24, 2.45) is 10.7 Å². The number of nitrogens with zero attached hydrogens (tertiary/aromatic N) is 1. The highest BCUT2D eigenvalue weighted by atomic mass is 19.4. The van der Waals surface area contributed by atoms with Crippen LogP contribution in [0.1, 0.15) is 22.3 Å². The smallest absolute Gasteiger partial charge is 0.370 e. The number of aliphatic imine (C=N–C) groups is 1. The molecule has 6 heteroatoms. The zero-order valence-electron chi connectivity index (χ0n) is 13.9. The normalized spacial score (nSPS) is 11.6. The molecule has 0 amide bonds. The second kappa shape index (κ2) is 7.75. The third kappa shape index (κ3) is 5.88. The zero-order chi connectivity index (χ0) is 18.4. The molecule has 2 aromatic carbocycles. The Morgan fingerprint density at radius 3 is 2.44 bits per heavy atom. The van der Waals surface area contributed by atoms with Crippen LogP contribution in [0, 0.1) is 25.7 Å². The molecular weight excluding hydrogens is 327 g/mol. The first kappa shape index (κ1) is 18.4. The van der Waals surface area contributed by atoms with E-state index in [1.54, 1.807) is 0 Å². The van der Waals surface area contributed by atoms with Crippen LogP contribution in [0.3, 0.4) is 0 Å². The number of benzene rings is 2. The van der Waals surface area contributed by atoms with E-state index in [4.69, 9.17) is 5.73 Å². The van der Waals surface area contributed by atoms with E-state index in [9.17, 15) is 13.2 Å². The highest BCUT2D eigenvalue weighted by molar-refractivity contribution is 5.92. The lowest BCUT2D eigenvalue weighted by Gasteiger charge is -2.07. The number of alkyl halides is 3. The van der Waals surface area contributed by atoms with E-state index in [-0.39, 0.29) is 18.1 Å². The lowest BCUT2D eigenvalue weighted by molar-refractivity contribution is -0.137. The minimum atomic E-state index is -4.38. The molecule has 0 saturated heterocycles. The van der Waals surface area contributed by atoms with E-state index < -0.39 is 11.7 Å². The average molecular weight is 345 g/mol. The van der Waals surface area contributed by atoms with Crippen LogP contribution in [0.4, 0.5) is 18.9 Å². The van der Waals surface area contributed by atoms with E-state index in [2.05, 4.69) is 22.2 Å². The Labute approximate surface area is 144 Å². The van der Waals surface area contributed by atoms with Crippen LogP contribution in [0.15, 0.2) is 47.5 Å². The fourth-order valence-electron chi connectivity index (χ4n) is 2.27. The molecule has 2 aromatic rings. The van der Waals surface area contributed by atoms with Crippen LogP contribution in [0.5, 0.6) is 0 Å². The molecule has 0 aliphatic carbocycles. The van der Waals surface area contributed by atoms with Gasteiger partial charge in [-0.1, -0.05) is 24.0 Å². The number of guanidine groups is 1.